The highest BCUT2D eigenvalue weighted by Crippen LogP contribution is 2.35. The lowest BCUT2D eigenvalue weighted by Gasteiger charge is -2.20. The molecule has 2 aliphatic heterocycles. The first kappa shape index (κ1) is 19.8. The normalized spacial score (nSPS) is 17.2. The van der Waals surface area contributed by atoms with Crippen LogP contribution >= 0.6 is 0 Å². The van der Waals surface area contributed by atoms with Gasteiger partial charge in [0.05, 0.1) is 18.7 Å². The van der Waals surface area contributed by atoms with Crippen molar-refractivity contribution in [3.63, 3.8) is 0 Å². The highest BCUT2D eigenvalue weighted by atomic mass is 16.7. The van der Waals surface area contributed by atoms with Gasteiger partial charge in [-0.3, -0.25) is 14.4 Å². The van der Waals surface area contributed by atoms with E-state index in [1.54, 1.807) is 24.3 Å². The zero-order valence-electron chi connectivity index (χ0n) is 16.7. The fourth-order valence-electron chi connectivity index (χ4n) is 3.52. The minimum absolute atomic E-state index is 0.0220. The Morgan fingerprint density at radius 3 is 2.73 bits per heavy atom. The number of Topliss-reactive ketones (excluding diaryl/α,β-unsaturated/α-hetero) is 1. The van der Waals surface area contributed by atoms with E-state index in [1.807, 2.05) is 19.1 Å². The molecule has 1 fully saturated rings. The van der Waals surface area contributed by atoms with E-state index in [1.165, 1.54) is 12.0 Å². The van der Waals surface area contributed by atoms with Crippen LogP contribution in [0.25, 0.3) is 0 Å². The van der Waals surface area contributed by atoms with Crippen molar-refractivity contribution >= 4 is 23.3 Å². The first-order valence-electron chi connectivity index (χ1n) is 9.50. The second-order valence-electron chi connectivity index (χ2n) is 7.18. The van der Waals surface area contributed by atoms with Gasteiger partial charge in [-0.15, -0.1) is 0 Å². The lowest BCUT2D eigenvalue weighted by atomic mass is 10.1. The number of esters is 1. The highest BCUT2D eigenvalue weighted by Gasteiger charge is 2.37. The molecule has 0 radical (unpaired) electrons. The predicted octanol–water partition coefficient (Wildman–Crippen LogP) is 2.51. The molecule has 0 aromatic heterocycles. The van der Waals surface area contributed by atoms with Gasteiger partial charge in [0.2, 0.25) is 12.7 Å². The maximum atomic E-state index is 12.5. The number of rotatable bonds is 6. The Morgan fingerprint density at radius 2 is 1.93 bits per heavy atom. The highest BCUT2D eigenvalue weighted by molar-refractivity contribution is 6.02. The Balaban J connectivity index is 1.38. The minimum Gasteiger partial charge on any atom is -0.495 e. The monoisotopic (exact) mass is 411 g/mol. The summed E-state index contributed by atoms with van der Waals surface area (Å²) in [5, 5.41) is 0. The lowest BCUT2D eigenvalue weighted by Crippen LogP contribution is -2.27. The number of carbonyl (C=O) groups excluding carboxylic acids is 3. The summed E-state index contributed by atoms with van der Waals surface area (Å²) < 4.78 is 21.0. The molecule has 0 saturated carbocycles. The summed E-state index contributed by atoms with van der Waals surface area (Å²) in [4.78, 5) is 38.9. The Kier molecular flexibility index (Phi) is 5.31. The van der Waals surface area contributed by atoms with Crippen molar-refractivity contribution < 1.29 is 33.3 Å². The second kappa shape index (κ2) is 8.06. The van der Waals surface area contributed by atoms with Crippen LogP contribution in [0.5, 0.6) is 17.2 Å². The summed E-state index contributed by atoms with van der Waals surface area (Å²) in [7, 11) is 1.53. The van der Waals surface area contributed by atoms with Gasteiger partial charge in [0.1, 0.15) is 5.75 Å². The number of hydrogen-bond donors (Lipinski definition) is 0. The Labute approximate surface area is 173 Å². The van der Waals surface area contributed by atoms with Gasteiger partial charge in [-0.25, -0.2) is 0 Å². The van der Waals surface area contributed by atoms with Crippen LogP contribution in [0.4, 0.5) is 5.69 Å². The quantitative estimate of drug-likeness (QED) is 0.533. The van der Waals surface area contributed by atoms with Crippen molar-refractivity contribution in [1.82, 2.24) is 0 Å². The molecular weight excluding hydrogens is 390 g/mol. The summed E-state index contributed by atoms with van der Waals surface area (Å²) in [6.45, 7) is 1.80. The van der Waals surface area contributed by atoms with Gasteiger partial charge in [0, 0.05) is 18.5 Å². The molecule has 0 aliphatic carbocycles. The largest absolute Gasteiger partial charge is 0.495 e. The number of aryl methyl sites for hydroxylation is 1. The van der Waals surface area contributed by atoms with Crippen LogP contribution in [0, 0.1) is 12.8 Å². The van der Waals surface area contributed by atoms with E-state index in [9.17, 15) is 14.4 Å². The van der Waals surface area contributed by atoms with Gasteiger partial charge in [-0.2, -0.15) is 0 Å². The summed E-state index contributed by atoms with van der Waals surface area (Å²) in [6, 6.07) is 10.3. The first-order valence-corrected chi connectivity index (χ1v) is 9.50. The van der Waals surface area contributed by atoms with E-state index < -0.39 is 18.5 Å². The molecule has 1 saturated heterocycles. The van der Waals surface area contributed by atoms with Gasteiger partial charge < -0.3 is 23.8 Å². The number of amides is 1. The van der Waals surface area contributed by atoms with Crippen molar-refractivity contribution in [1.29, 1.82) is 0 Å². The number of methoxy groups -OCH3 is 1. The Morgan fingerprint density at radius 1 is 1.13 bits per heavy atom. The van der Waals surface area contributed by atoms with E-state index in [4.69, 9.17) is 18.9 Å². The van der Waals surface area contributed by atoms with Crippen LogP contribution in [0.15, 0.2) is 36.4 Å². The molecule has 2 heterocycles. The summed E-state index contributed by atoms with van der Waals surface area (Å²) in [6.07, 6.45) is 0.0220. The molecule has 1 amide bonds. The van der Waals surface area contributed by atoms with Gasteiger partial charge in [-0.05, 0) is 42.8 Å². The lowest BCUT2D eigenvalue weighted by molar-refractivity contribution is -0.147. The molecule has 0 unspecified atom stereocenters. The van der Waals surface area contributed by atoms with E-state index in [2.05, 4.69) is 0 Å². The van der Waals surface area contributed by atoms with Crippen molar-refractivity contribution in [2.24, 2.45) is 5.92 Å². The van der Waals surface area contributed by atoms with Gasteiger partial charge in [0.15, 0.2) is 23.9 Å². The number of nitrogens with zero attached hydrogens (tertiary/aromatic N) is 1. The average molecular weight is 411 g/mol. The predicted molar refractivity (Wildman–Crippen MR) is 106 cm³/mol. The molecule has 0 bridgehead atoms. The summed E-state index contributed by atoms with van der Waals surface area (Å²) in [5.41, 5.74) is 1.95. The smallest absolute Gasteiger partial charge is 0.311 e. The van der Waals surface area contributed by atoms with Gasteiger partial charge in [0.25, 0.3) is 0 Å². The number of benzene rings is 2. The zero-order valence-corrected chi connectivity index (χ0v) is 16.7. The van der Waals surface area contributed by atoms with Gasteiger partial charge in [-0.1, -0.05) is 6.07 Å². The van der Waals surface area contributed by atoms with Crippen LogP contribution in [-0.2, 0) is 14.3 Å². The SMILES string of the molecule is COc1ccc(C)cc1N1C[C@@H](C(=O)OCC(=O)c2ccc3c(c2)OCO3)CC1=O. The van der Waals surface area contributed by atoms with E-state index in [0.29, 0.717) is 28.5 Å². The molecule has 4 rings (SSSR count). The fraction of sp³-hybridized carbons (Fsp3) is 0.318. The second-order valence-corrected chi connectivity index (χ2v) is 7.18. The van der Waals surface area contributed by atoms with Crippen LogP contribution in [0.1, 0.15) is 22.3 Å². The van der Waals surface area contributed by atoms with Crippen molar-refractivity contribution in [2.45, 2.75) is 13.3 Å². The van der Waals surface area contributed by atoms with Crippen molar-refractivity contribution in [3.8, 4) is 17.2 Å². The molecular formula is C22H21NO7. The molecule has 2 aliphatic rings. The number of carbonyl (C=O) groups is 3. The van der Waals surface area contributed by atoms with E-state index in [0.717, 1.165) is 5.56 Å². The van der Waals surface area contributed by atoms with Crippen LogP contribution in [-0.4, -0.2) is 44.7 Å². The maximum Gasteiger partial charge on any atom is 0.311 e. The number of fused-ring (bicyclic) bond motifs is 1. The third kappa shape index (κ3) is 3.80. The first-order chi connectivity index (χ1) is 14.5. The molecule has 8 heteroatoms. The number of anilines is 1. The van der Waals surface area contributed by atoms with Crippen molar-refractivity contribution in [2.75, 3.05) is 32.0 Å². The topological polar surface area (TPSA) is 91.4 Å². The number of ether oxygens (including phenoxy) is 4. The molecule has 1 atom stereocenters. The minimum atomic E-state index is -0.646. The third-order valence-electron chi connectivity index (χ3n) is 5.12. The molecule has 0 N–H and O–H groups in total. The van der Waals surface area contributed by atoms with Crippen molar-refractivity contribution in [3.05, 3.63) is 47.5 Å². The van der Waals surface area contributed by atoms with Crippen LogP contribution in [0.2, 0.25) is 0 Å². The fourth-order valence-corrected chi connectivity index (χ4v) is 3.52. The molecule has 30 heavy (non-hydrogen) atoms. The Hall–Kier alpha value is -3.55. The Bertz CT molecular complexity index is 1020. The van der Waals surface area contributed by atoms with E-state index in [-0.39, 0.29) is 31.4 Å². The van der Waals surface area contributed by atoms with Gasteiger partial charge >= 0.3 is 5.97 Å². The number of hydrogen-bond acceptors (Lipinski definition) is 7. The molecule has 156 valence electrons. The third-order valence-corrected chi connectivity index (χ3v) is 5.12. The molecule has 2 aromatic carbocycles. The van der Waals surface area contributed by atoms with E-state index >= 15 is 0 Å². The van der Waals surface area contributed by atoms with Crippen LogP contribution in [0.3, 0.4) is 0 Å². The summed E-state index contributed by atoms with van der Waals surface area (Å²) in [5.74, 6) is -0.165. The molecule has 0 spiro atoms. The molecule has 2 aromatic rings. The maximum absolute atomic E-state index is 12.5. The summed E-state index contributed by atoms with van der Waals surface area (Å²) >= 11 is 0. The molecule has 8 nitrogen and oxygen atoms in total. The van der Waals surface area contributed by atoms with Crippen LogP contribution < -0.4 is 19.1 Å². The standard InChI is InChI=1S/C22H21NO7/c1-13-3-5-18(27-2)16(7-13)23-10-15(9-21(23)25)22(26)28-11-17(24)14-4-6-19-20(8-14)30-12-29-19/h3-8,15H,9-12H2,1-2H3/t15-/m0/s1. The number of ketones is 1. The zero-order chi connectivity index (χ0) is 21.3. The average Bonchev–Trinajstić information content (AvgIpc) is 3.37.